The normalized spacial score (nSPS) is 21.1. The minimum atomic E-state index is -0.383. The van der Waals surface area contributed by atoms with Gasteiger partial charge in [0.05, 0.1) is 12.4 Å². The molecule has 1 aromatic rings. The zero-order valence-corrected chi connectivity index (χ0v) is 9.49. The van der Waals surface area contributed by atoms with Gasteiger partial charge in [0, 0.05) is 19.1 Å². The minimum absolute atomic E-state index is 0.383. The lowest BCUT2D eigenvalue weighted by Crippen LogP contribution is -2.45. The third kappa shape index (κ3) is 2.47. The van der Waals surface area contributed by atoms with E-state index in [9.17, 15) is 4.39 Å². The van der Waals surface area contributed by atoms with E-state index in [0.717, 1.165) is 25.9 Å². The second-order valence-electron chi connectivity index (χ2n) is 4.10. The molecule has 2 heterocycles. The van der Waals surface area contributed by atoms with Crippen molar-refractivity contribution in [2.45, 2.75) is 25.3 Å². The van der Waals surface area contributed by atoms with Gasteiger partial charge in [-0.05, 0) is 26.3 Å². The predicted molar refractivity (Wildman–Crippen MR) is 60.9 cm³/mol. The van der Waals surface area contributed by atoms with Gasteiger partial charge in [-0.3, -0.25) is 0 Å². The summed E-state index contributed by atoms with van der Waals surface area (Å²) < 4.78 is 12.7. The van der Waals surface area contributed by atoms with Crippen LogP contribution in [-0.2, 0) is 0 Å². The quantitative estimate of drug-likeness (QED) is 0.837. The van der Waals surface area contributed by atoms with Gasteiger partial charge < -0.3 is 10.2 Å². The third-order valence-electron chi connectivity index (χ3n) is 2.93. The van der Waals surface area contributed by atoms with E-state index in [4.69, 9.17) is 0 Å². The molecule has 1 N–H and O–H groups in total. The van der Waals surface area contributed by atoms with Crippen LogP contribution < -0.4 is 10.2 Å². The zero-order valence-electron chi connectivity index (χ0n) is 9.49. The van der Waals surface area contributed by atoms with E-state index in [-0.39, 0.29) is 5.82 Å². The molecule has 1 aliphatic heterocycles. The number of nitrogens with zero attached hydrogens (tertiary/aromatic N) is 3. The number of rotatable bonds is 3. The average molecular weight is 224 g/mol. The number of anilines is 1. The number of aromatic nitrogens is 2. The number of hydrogen-bond acceptors (Lipinski definition) is 4. The lowest BCUT2D eigenvalue weighted by molar-refractivity contribution is 0.439. The van der Waals surface area contributed by atoms with E-state index >= 15 is 0 Å². The molecule has 1 aromatic heterocycles. The first kappa shape index (κ1) is 11.3. The van der Waals surface area contributed by atoms with E-state index in [1.807, 2.05) is 7.05 Å². The molecule has 1 atom stereocenters. The molecule has 4 nitrogen and oxygen atoms in total. The van der Waals surface area contributed by atoms with Crippen LogP contribution in [0.5, 0.6) is 0 Å². The molecular formula is C11H17FN4. The summed E-state index contributed by atoms with van der Waals surface area (Å²) in [6, 6.07) is 0.421. The van der Waals surface area contributed by atoms with E-state index in [2.05, 4.69) is 20.2 Å². The Kier molecular flexibility index (Phi) is 3.66. The van der Waals surface area contributed by atoms with E-state index in [0.29, 0.717) is 12.0 Å². The van der Waals surface area contributed by atoms with Crippen molar-refractivity contribution in [1.82, 2.24) is 15.3 Å². The lowest BCUT2D eigenvalue weighted by Gasteiger charge is -2.35. The molecule has 2 rings (SSSR count). The second-order valence-corrected chi connectivity index (χ2v) is 4.10. The monoisotopic (exact) mass is 224 g/mol. The van der Waals surface area contributed by atoms with Crippen LogP contribution in [0.4, 0.5) is 10.3 Å². The highest BCUT2D eigenvalue weighted by molar-refractivity contribution is 5.31. The maximum atomic E-state index is 12.7. The average Bonchev–Trinajstić information content (AvgIpc) is 2.32. The fourth-order valence-corrected chi connectivity index (χ4v) is 2.17. The van der Waals surface area contributed by atoms with Crippen molar-refractivity contribution in [3.05, 3.63) is 18.2 Å². The predicted octanol–water partition coefficient (Wildman–Crippen LogP) is 1.19. The Bertz CT molecular complexity index is 325. The van der Waals surface area contributed by atoms with Crippen LogP contribution in [0.1, 0.15) is 19.3 Å². The van der Waals surface area contributed by atoms with Crippen molar-refractivity contribution in [1.29, 1.82) is 0 Å². The number of likely N-dealkylation sites (N-methyl/N-ethyl adjacent to an activating group) is 1. The SMILES string of the molecule is CNCC1CCCCN1c1ncc(F)cn1. The van der Waals surface area contributed by atoms with Gasteiger partial charge in [-0.2, -0.15) is 0 Å². The standard InChI is InChI=1S/C11H17FN4/c1-13-8-10-4-2-3-5-16(10)11-14-6-9(12)7-15-11/h6-7,10,13H,2-5,8H2,1H3. The summed E-state index contributed by atoms with van der Waals surface area (Å²) in [6.07, 6.45) is 5.99. The Morgan fingerprint density at radius 2 is 2.19 bits per heavy atom. The summed E-state index contributed by atoms with van der Waals surface area (Å²) >= 11 is 0. The van der Waals surface area contributed by atoms with Crippen LogP contribution in [0.15, 0.2) is 12.4 Å². The van der Waals surface area contributed by atoms with Gasteiger partial charge in [-0.15, -0.1) is 0 Å². The molecule has 0 radical (unpaired) electrons. The summed E-state index contributed by atoms with van der Waals surface area (Å²) in [4.78, 5) is 10.3. The molecule has 0 bridgehead atoms. The molecule has 0 amide bonds. The van der Waals surface area contributed by atoms with Gasteiger partial charge in [-0.1, -0.05) is 0 Å². The molecule has 0 aliphatic carbocycles. The van der Waals surface area contributed by atoms with Crippen molar-refractivity contribution in [2.24, 2.45) is 0 Å². The van der Waals surface area contributed by atoms with E-state index < -0.39 is 0 Å². The molecule has 1 fully saturated rings. The molecular weight excluding hydrogens is 207 g/mol. The lowest BCUT2D eigenvalue weighted by atomic mass is 10.0. The largest absolute Gasteiger partial charge is 0.337 e. The number of halogens is 1. The van der Waals surface area contributed by atoms with Crippen molar-refractivity contribution < 1.29 is 4.39 Å². The molecule has 1 aliphatic rings. The van der Waals surface area contributed by atoms with Gasteiger partial charge in [0.1, 0.15) is 0 Å². The first-order chi connectivity index (χ1) is 7.81. The summed E-state index contributed by atoms with van der Waals surface area (Å²) in [6.45, 7) is 1.87. The molecule has 1 unspecified atom stereocenters. The molecule has 0 aromatic carbocycles. The number of hydrogen-bond donors (Lipinski definition) is 1. The molecule has 0 saturated carbocycles. The van der Waals surface area contributed by atoms with Gasteiger partial charge >= 0.3 is 0 Å². The Hall–Kier alpha value is -1.23. The van der Waals surface area contributed by atoms with Crippen molar-refractivity contribution >= 4 is 5.95 Å². The fraction of sp³-hybridized carbons (Fsp3) is 0.636. The smallest absolute Gasteiger partial charge is 0.225 e. The second kappa shape index (κ2) is 5.21. The number of nitrogens with one attached hydrogen (secondary N) is 1. The summed E-state index contributed by atoms with van der Waals surface area (Å²) in [7, 11) is 1.94. The maximum absolute atomic E-state index is 12.7. The van der Waals surface area contributed by atoms with Crippen molar-refractivity contribution in [3.63, 3.8) is 0 Å². The molecule has 88 valence electrons. The number of piperidine rings is 1. The van der Waals surface area contributed by atoms with E-state index in [1.165, 1.54) is 18.8 Å². The third-order valence-corrected chi connectivity index (χ3v) is 2.93. The Balaban J connectivity index is 2.13. The Labute approximate surface area is 94.9 Å². The highest BCUT2D eigenvalue weighted by Gasteiger charge is 2.23. The minimum Gasteiger partial charge on any atom is -0.337 e. The van der Waals surface area contributed by atoms with Crippen molar-refractivity contribution in [3.8, 4) is 0 Å². The maximum Gasteiger partial charge on any atom is 0.225 e. The van der Waals surface area contributed by atoms with Crippen LogP contribution in [-0.4, -0.2) is 36.1 Å². The van der Waals surface area contributed by atoms with Gasteiger partial charge in [0.2, 0.25) is 5.95 Å². The van der Waals surface area contributed by atoms with Gasteiger partial charge in [-0.25, -0.2) is 14.4 Å². The fourth-order valence-electron chi connectivity index (χ4n) is 2.17. The summed E-state index contributed by atoms with van der Waals surface area (Å²) in [5, 5.41) is 3.18. The molecule has 0 spiro atoms. The molecule has 5 heteroatoms. The first-order valence-corrected chi connectivity index (χ1v) is 5.70. The molecule has 1 saturated heterocycles. The zero-order chi connectivity index (χ0) is 11.4. The van der Waals surface area contributed by atoms with Gasteiger partial charge in [0.15, 0.2) is 5.82 Å². The van der Waals surface area contributed by atoms with Crippen molar-refractivity contribution in [2.75, 3.05) is 25.0 Å². The summed E-state index contributed by atoms with van der Waals surface area (Å²) in [5.74, 6) is 0.257. The van der Waals surface area contributed by atoms with Crippen LogP contribution >= 0.6 is 0 Å². The Morgan fingerprint density at radius 3 is 2.88 bits per heavy atom. The first-order valence-electron chi connectivity index (χ1n) is 5.70. The van der Waals surface area contributed by atoms with Crippen LogP contribution in [0.2, 0.25) is 0 Å². The summed E-state index contributed by atoms with van der Waals surface area (Å²) in [5.41, 5.74) is 0. The topological polar surface area (TPSA) is 41.0 Å². The van der Waals surface area contributed by atoms with Crippen LogP contribution in [0.25, 0.3) is 0 Å². The Morgan fingerprint density at radius 1 is 1.44 bits per heavy atom. The highest BCUT2D eigenvalue weighted by Crippen LogP contribution is 2.20. The van der Waals surface area contributed by atoms with Gasteiger partial charge in [0.25, 0.3) is 0 Å². The van der Waals surface area contributed by atoms with Crippen LogP contribution in [0, 0.1) is 5.82 Å². The molecule has 16 heavy (non-hydrogen) atoms. The highest BCUT2D eigenvalue weighted by atomic mass is 19.1. The van der Waals surface area contributed by atoms with Crippen LogP contribution in [0.3, 0.4) is 0 Å². The van der Waals surface area contributed by atoms with E-state index in [1.54, 1.807) is 0 Å².